The molecule has 3 rings (SSSR count). The first-order valence-corrected chi connectivity index (χ1v) is 9.09. The van der Waals surface area contributed by atoms with E-state index in [4.69, 9.17) is 4.74 Å². The second-order valence-electron chi connectivity index (χ2n) is 5.59. The lowest BCUT2D eigenvalue weighted by atomic mass is 10.2. The quantitative estimate of drug-likeness (QED) is 0.291. The van der Waals surface area contributed by atoms with Gasteiger partial charge in [0.1, 0.15) is 0 Å². The highest BCUT2D eigenvalue weighted by Gasteiger charge is 2.11. The van der Waals surface area contributed by atoms with Crippen molar-refractivity contribution >= 4 is 50.3 Å². The molecule has 1 aromatic heterocycles. The number of hydrogen-bond donors (Lipinski definition) is 1. The van der Waals surface area contributed by atoms with Gasteiger partial charge in [-0.15, -0.1) is 0 Å². The number of thiazole rings is 1. The van der Waals surface area contributed by atoms with Gasteiger partial charge in [-0.25, -0.2) is 9.78 Å². The molecule has 0 spiro atoms. The Labute approximate surface area is 163 Å². The fourth-order valence-electron chi connectivity index (χ4n) is 2.35. The number of nitrogens with zero attached hydrogens (tertiary/aromatic N) is 2. The summed E-state index contributed by atoms with van der Waals surface area (Å²) in [5.74, 6) is -0.794. The van der Waals surface area contributed by atoms with Gasteiger partial charge in [-0.2, -0.15) is 0 Å². The lowest BCUT2D eigenvalue weighted by Gasteiger charge is -2.00. The van der Waals surface area contributed by atoms with Gasteiger partial charge in [-0.1, -0.05) is 11.3 Å². The molecule has 0 aliphatic heterocycles. The van der Waals surface area contributed by atoms with Gasteiger partial charge < -0.3 is 4.74 Å². The first-order valence-electron chi connectivity index (χ1n) is 8.27. The Morgan fingerprint density at radius 1 is 1.25 bits per heavy atom. The number of nitro groups is 1. The van der Waals surface area contributed by atoms with Gasteiger partial charge in [-0.05, 0) is 48.9 Å². The van der Waals surface area contributed by atoms with Crippen LogP contribution in [0.25, 0.3) is 16.3 Å². The van der Waals surface area contributed by atoms with Crippen LogP contribution < -0.4 is 5.32 Å². The largest absolute Gasteiger partial charge is 0.462 e. The van der Waals surface area contributed by atoms with Crippen molar-refractivity contribution < 1.29 is 19.2 Å². The number of carbonyl (C=O) groups is 2. The Bertz CT molecular complexity index is 1070. The number of aromatic nitrogens is 1. The van der Waals surface area contributed by atoms with Crippen molar-refractivity contribution in [2.75, 3.05) is 11.9 Å². The fraction of sp³-hybridized carbons (Fsp3) is 0.105. The van der Waals surface area contributed by atoms with Crippen LogP contribution in [0.2, 0.25) is 0 Å². The average molecular weight is 397 g/mol. The van der Waals surface area contributed by atoms with Crippen LogP contribution in [-0.4, -0.2) is 28.4 Å². The molecule has 3 aromatic rings. The Hall–Kier alpha value is -3.59. The number of anilines is 1. The van der Waals surface area contributed by atoms with Crippen LogP contribution in [0.4, 0.5) is 10.8 Å². The standard InChI is InChI=1S/C19H15N3O5S/c1-2-27-18(24)13-6-9-15-16(11-13)28-19(20-15)21-17(23)10-5-12-3-7-14(8-4-12)22(25)26/h3-11H,2H2,1H3,(H,20,21,23). The van der Waals surface area contributed by atoms with Gasteiger partial charge in [0.15, 0.2) is 5.13 Å². The normalized spacial score (nSPS) is 10.9. The van der Waals surface area contributed by atoms with E-state index in [0.29, 0.717) is 28.4 Å². The minimum Gasteiger partial charge on any atom is -0.462 e. The lowest BCUT2D eigenvalue weighted by molar-refractivity contribution is -0.384. The average Bonchev–Trinajstić information content (AvgIpc) is 3.08. The molecule has 0 radical (unpaired) electrons. The van der Waals surface area contributed by atoms with Gasteiger partial charge in [0.2, 0.25) is 5.91 Å². The molecular formula is C19H15N3O5S. The number of ether oxygens (including phenoxy) is 1. The zero-order chi connectivity index (χ0) is 20.1. The molecule has 9 heteroatoms. The van der Waals surface area contributed by atoms with Crippen molar-refractivity contribution in [1.29, 1.82) is 0 Å². The van der Waals surface area contributed by atoms with Crippen LogP contribution in [0, 0.1) is 10.1 Å². The van der Waals surface area contributed by atoms with E-state index in [1.165, 1.54) is 29.5 Å². The molecule has 0 unspecified atom stereocenters. The molecule has 0 aliphatic carbocycles. The molecule has 0 fully saturated rings. The topological polar surface area (TPSA) is 111 Å². The minimum absolute atomic E-state index is 0.0155. The summed E-state index contributed by atoms with van der Waals surface area (Å²) < 4.78 is 5.72. The molecule has 1 N–H and O–H groups in total. The van der Waals surface area contributed by atoms with Crippen LogP contribution in [-0.2, 0) is 9.53 Å². The van der Waals surface area contributed by atoms with Crippen molar-refractivity contribution in [3.05, 3.63) is 69.8 Å². The van der Waals surface area contributed by atoms with Crippen molar-refractivity contribution in [1.82, 2.24) is 4.98 Å². The van der Waals surface area contributed by atoms with Crippen molar-refractivity contribution in [2.24, 2.45) is 0 Å². The minimum atomic E-state index is -0.485. The maximum Gasteiger partial charge on any atom is 0.338 e. The van der Waals surface area contributed by atoms with Crippen LogP contribution >= 0.6 is 11.3 Å². The van der Waals surface area contributed by atoms with E-state index in [0.717, 1.165) is 4.70 Å². The van der Waals surface area contributed by atoms with Crippen LogP contribution in [0.15, 0.2) is 48.5 Å². The predicted octanol–water partition coefficient (Wildman–Crippen LogP) is 4.03. The number of carbonyl (C=O) groups excluding carboxylic acids is 2. The molecule has 0 bridgehead atoms. The highest BCUT2D eigenvalue weighted by Crippen LogP contribution is 2.27. The van der Waals surface area contributed by atoms with E-state index in [9.17, 15) is 19.7 Å². The second-order valence-corrected chi connectivity index (χ2v) is 6.62. The number of esters is 1. The zero-order valence-electron chi connectivity index (χ0n) is 14.7. The molecule has 0 saturated heterocycles. The third-order valence-corrected chi connectivity index (χ3v) is 4.59. The maximum atomic E-state index is 12.1. The number of fused-ring (bicyclic) bond motifs is 1. The molecule has 1 amide bonds. The number of non-ortho nitro benzene ring substituents is 1. The Kier molecular flexibility index (Phi) is 5.75. The number of benzene rings is 2. The van der Waals surface area contributed by atoms with Crippen LogP contribution in [0.3, 0.4) is 0 Å². The zero-order valence-corrected chi connectivity index (χ0v) is 15.6. The number of rotatable bonds is 6. The summed E-state index contributed by atoms with van der Waals surface area (Å²) in [4.78, 5) is 38.3. The molecule has 28 heavy (non-hydrogen) atoms. The summed E-state index contributed by atoms with van der Waals surface area (Å²) in [6.07, 6.45) is 2.86. The third kappa shape index (κ3) is 4.57. The molecular weight excluding hydrogens is 382 g/mol. The maximum absolute atomic E-state index is 12.1. The second kappa shape index (κ2) is 8.40. The molecule has 0 saturated carbocycles. The molecule has 8 nitrogen and oxygen atoms in total. The molecule has 2 aromatic carbocycles. The van der Waals surface area contributed by atoms with Crippen LogP contribution in [0.1, 0.15) is 22.8 Å². The molecule has 0 atom stereocenters. The Morgan fingerprint density at radius 3 is 2.68 bits per heavy atom. The lowest BCUT2D eigenvalue weighted by Crippen LogP contribution is -2.07. The summed E-state index contributed by atoms with van der Waals surface area (Å²) in [6, 6.07) is 10.8. The first kappa shape index (κ1) is 19.2. The fourth-order valence-corrected chi connectivity index (χ4v) is 3.25. The van der Waals surface area contributed by atoms with Gasteiger partial charge in [0.25, 0.3) is 5.69 Å². The van der Waals surface area contributed by atoms with Crippen molar-refractivity contribution in [3.63, 3.8) is 0 Å². The highest BCUT2D eigenvalue weighted by molar-refractivity contribution is 7.22. The number of nitrogens with one attached hydrogen (secondary N) is 1. The Balaban J connectivity index is 1.68. The molecule has 1 heterocycles. The SMILES string of the molecule is CCOC(=O)c1ccc2nc(NC(=O)C=Cc3ccc([N+](=O)[O-])cc3)sc2c1. The Morgan fingerprint density at radius 2 is 2.00 bits per heavy atom. The summed E-state index contributed by atoms with van der Waals surface area (Å²) >= 11 is 1.24. The first-order chi connectivity index (χ1) is 13.5. The van der Waals surface area contributed by atoms with Crippen LogP contribution in [0.5, 0.6) is 0 Å². The monoisotopic (exact) mass is 397 g/mol. The smallest absolute Gasteiger partial charge is 0.338 e. The van der Waals surface area contributed by atoms with E-state index >= 15 is 0 Å². The van der Waals surface area contributed by atoms with Crippen molar-refractivity contribution in [2.45, 2.75) is 6.92 Å². The van der Waals surface area contributed by atoms with E-state index in [-0.39, 0.29) is 11.6 Å². The highest BCUT2D eigenvalue weighted by atomic mass is 32.1. The summed E-state index contributed by atoms with van der Waals surface area (Å²) in [6.45, 7) is 2.03. The summed E-state index contributed by atoms with van der Waals surface area (Å²) in [5, 5.41) is 13.7. The number of amides is 1. The van der Waals surface area contributed by atoms with E-state index in [1.807, 2.05) is 0 Å². The molecule has 0 aliphatic rings. The number of nitro benzene ring substituents is 1. The summed E-state index contributed by atoms with van der Waals surface area (Å²) in [5.41, 5.74) is 1.73. The summed E-state index contributed by atoms with van der Waals surface area (Å²) in [7, 11) is 0. The van der Waals surface area contributed by atoms with Gasteiger partial charge >= 0.3 is 5.97 Å². The van der Waals surface area contributed by atoms with E-state index in [2.05, 4.69) is 10.3 Å². The van der Waals surface area contributed by atoms with Gasteiger partial charge in [-0.3, -0.25) is 20.2 Å². The van der Waals surface area contributed by atoms with Crippen molar-refractivity contribution in [3.8, 4) is 0 Å². The van der Waals surface area contributed by atoms with E-state index < -0.39 is 10.9 Å². The van der Waals surface area contributed by atoms with E-state index in [1.54, 1.807) is 43.3 Å². The van der Waals surface area contributed by atoms with Gasteiger partial charge in [0.05, 0.1) is 27.3 Å². The predicted molar refractivity (Wildman–Crippen MR) is 106 cm³/mol. The third-order valence-electron chi connectivity index (χ3n) is 3.66. The van der Waals surface area contributed by atoms with Gasteiger partial charge in [0, 0.05) is 18.2 Å². The molecule has 142 valence electrons. The number of hydrogen-bond acceptors (Lipinski definition) is 7.